The smallest absolute Gasteiger partial charge is 0.263 e. The van der Waals surface area contributed by atoms with Gasteiger partial charge in [0, 0.05) is 19.6 Å². The lowest BCUT2D eigenvalue weighted by atomic mass is 9.96. The SMILES string of the molecule is CCc1noc2nc(C)nc(N3CCC[C@H](C(=O)NCc4cc(OC)c(OC)c(OC)c4)C3)c12. The third-order valence-electron chi connectivity index (χ3n) is 6.12. The van der Waals surface area contributed by atoms with Gasteiger partial charge >= 0.3 is 0 Å². The number of aromatic nitrogens is 3. The summed E-state index contributed by atoms with van der Waals surface area (Å²) < 4.78 is 21.6. The Morgan fingerprint density at radius 1 is 1.18 bits per heavy atom. The molecule has 0 bridgehead atoms. The number of amides is 1. The second kappa shape index (κ2) is 10.1. The minimum absolute atomic E-state index is 0.00140. The van der Waals surface area contributed by atoms with Gasteiger partial charge in [-0.2, -0.15) is 4.98 Å². The topological polar surface area (TPSA) is 112 Å². The van der Waals surface area contributed by atoms with Crippen LogP contribution in [0.2, 0.25) is 0 Å². The predicted molar refractivity (Wildman–Crippen MR) is 127 cm³/mol. The number of benzene rings is 1. The summed E-state index contributed by atoms with van der Waals surface area (Å²) in [6, 6.07) is 3.68. The van der Waals surface area contributed by atoms with Crippen LogP contribution in [0, 0.1) is 12.8 Å². The van der Waals surface area contributed by atoms with Crippen LogP contribution in [-0.2, 0) is 17.8 Å². The van der Waals surface area contributed by atoms with Gasteiger partial charge in [-0.25, -0.2) is 4.98 Å². The lowest BCUT2D eigenvalue weighted by molar-refractivity contribution is -0.125. The van der Waals surface area contributed by atoms with E-state index in [1.54, 1.807) is 21.3 Å². The number of ether oxygens (including phenoxy) is 3. The van der Waals surface area contributed by atoms with E-state index < -0.39 is 0 Å². The molecule has 1 saturated heterocycles. The van der Waals surface area contributed by atoms with Crippen LogP contribution in [0.5, 0.6) is 17.2 Å². The molecular formula is C24H31N5O5. The van der Waals surface area contributed by atoms with Crippen molar-refractivity contribution in [2.45, 2.75) is 39.7 Å². The quantitative estimate of drug-likeness (QED) is 0.532. The molecule has 3 heterocycles. The molecule has 34 heavy (non-hydrogen) atoms. The second-order valence-corrected chi connectivity index (χ2v) is 8.29. The Morgan fingerprint density at radius 3 is 2.56 bits per heavy atom. The summed E-state index contributed by atoms with van der Waals surface area (Å²) in [5, 5.41) is 8.06. The highest BCUT2D eigenvalue weighted by Crippen LogP contribution is 2.38. The van der Waals surface area contributed by atoms with Gasteiger partial charge in [0.25, 0.3) is 5.71 Å². The van der Waals surface area contributed by atoms with E-state index in [2.05, 4.69) is 20.4 Å². The second-order valence-electron chi connectivity index (χ2n) is 8.29. The van der Waals surface area contributed by atoms with Gasteiger partial charge in [0.2, 0.25) is 11.7 Å². The third kappa shape index (κ3) is 4.57. The number of piperidine rings is 1. The zero-order valence-corrected chi connectivity index (χ0v) is 20.3. The number of carbonyl (C=O) groups excluding carboxylic acids is 1. The van der Waals surface area contributed by atoms with E-state index in [-0.39, 0.29) is 11.8 Å². The molecule has 182 valence electrons. The summed E-state index contributed by atoms with van der Waals surface area (Å²) >= 11 is 0. The first-order chi connectivity index (χ1) is 16.5. The molecule has 0 spiro atoms. The van der Waals surface area contributed by atoms with Crippen LogP contribution in [-0.4, -0.2) is 55.5 Å². The van der Waals surface area contributed by atoms with Gasteiger partial charge in [0.1, 0.15) is 17.0 Å². The Kier molecular flexibility index (Phi) is 7.04. The highest BCUT2D eigenvalue weighted by molar-refractivity contribution is 5.89. The molecule has 1 fully saturated rings. The normalized spacial score (nSPS) is 15.9. The lowest BCUT2D eigenvalue weighted by Crippen LogP contribution is -2.43. The number of carbonyl (C=O) groups is 1. The number of anilines is 1. The fraction of sp³-hybridized carbons (Fsp3) is 0.500. The number of rotatable bonds is 8. The summed E-state index contributed by atoms with van der Waals surface area (Å²) in [6.45, 7) is 5.60. The number of aryl methyl sites for hydroxylation is 2. The maximum atomic E-state index is 13.1. The van der Waals surface area contributed by atoms with E-state index in [0.29, 0.717) is 41.9 Å². The maximum absolute atomic E-state index is 13.1. The standard InChI is InChI=1S/C24H31N5O5/c1-6-17-20-22(26-14(2)27-24(20)34-28-17)29-9-7-8-16(13-29)23(30)25-12-15-10-18(31-3)21(33-5)19(11-15)32-4/h10-11,16H,6-9,12-13H2,1-5H3,(H,25,30)/t16-/m0/s1. The maximum Gasteiger partial charge on any atom is 0.263 e. The molecule has 1 N–H and O–H groups in total. The Hall–Kier alpha value is -3.56. The molecular weight excluding hydrogens is 438 g/mol. The van der Waals surface area contributed by atoms with Gasteiger partial charge < -0.3 is 29.0 Å². The Labute approximate surface area is 198 Å². The van der Waals surface area contributed by atoms with Crippen molar-refractivity contribution >= 4 is 22.8 Å². The van der Waals surface area contributed by atoms with Crippen LogP contribution in [0.3, 0.4) is 0 Å². The molecule has 0 radical (unpaired) electrons. The van der Waals surface area contributed by atoms with Gasteiger partial charge in [0.15, 0.2) is 11.5 Å². The molecule has 10 heteroatoms. The first kappa shape index (κ1) is 23.6. The lowest BCUT2D eigenvalue weighted by Gasteiger charge is -2.33. The third-order valence-corrected chi connectivity index (χ3v) is 6.12. The van der Waals surface area contributed by atoms with Gasteiger partial charge in [-0.15, -0.1) is 0 Å². The van der Waals surface area contributed by atoms with Gasteiger partial charge in [-0.1, -0.05) is 12.1 Å². The fourth-order valence-corrected chi connectivity index (χ4v) is 4.42. The monoisotopic (exact) mass is 469 g/mol. The summed E-state index contributed by atoms with van der Waals surface area (Å²) in [4.78, 5) is 24.3. The number of nitrogens with one attached hydrogen (secondary N) is 1. The summed E-state index contributed by atoms with van der Waals surface area (Å²) in [7, 11) is 4.70. The molecule has 1 atom stereocenters. The molecule has 0 aliphatic carbocycles. The van der Waals surface area contributed by atoms with Gasteiger partial charge in [-0.3, -0.25) is 4.79 Å². The van der Waals surface area contributed by atoms with Gasteiger partial charge in [0.05, 0.1) is 32.9 Å². The van der Waals surface area contributed by atoms with Crippen molar-refractivity contribution in [1.82, 2.24) is 20.4 Å². The Bertz CT molecular complexity index is 1150. The first-order valence-corrected chi connectivity index (χ1v) is 11.4. The predicted octanol–water partition coefficient (Wildman–Crippen LogP) is 3.05. The van der Waals surface area contributed by atoms with Crippen LogP contribution >= 0.6 is 0 Å². The van der Waals surface area contributed by atoms with Crippen LogP contribution in [0.15, 0.2) is 16.7 Å². The van der Waals surface area contributed by atoms with E-state index in [4.69, 9.17) is 23.7 Å². The molecule has 0 unspecified atom stereocenters. The van der Waals surface area contributed by atoms with Crippen molar-refractivity contribution < 1.29 is 23.5 Å². The number of methoxy groups -OCH3 is 3. The largest absolute Gasteiger partial charge is 0.493 e. The fourth-order valence-electron chi connectivity index (χ4n) is 4.42. The molecule has 4 rings (SSSR count). The van der Waals surface area contributed by atoms with Crippen molar-refractivity contribution in [3.8, 4) is 17.2 Å². The Morgan fingerprint density at radius 2 is 1.91 bits per heavy atom. The number of nitrogens with zero attached hydrogens (tertiary/aromatic N) is 4. The van der Waals surface area contributed by atoms with Gasteiger partial charge in [-0.05, 0) is 43.9 Å². The van der Waals surface area contributed by atoms with E-state index >= 15 is 0 Å². The van der Waals surface area contributed by atoms with Crippen LogP contribution in [0.1, 0.15) is 36.8 Å². The van der Waals surface area contributed by atoms with E-state index in [1.165, 1.54) is 0 Å². The zero-order valence-electron chi connectivity index (χ0n) is 20.3. The minimum Gasteiger partial charge on any atom is -0.493 e. The van der Waals surface area contributed by atoms with Crippen LogP contribution in [0.4, 0.5) is 5.82 Å². The molecule has 3 aromatic rings. The molecule has 0 saturated carbocycles. The number of fused-ring (bicyclic) bond motifs is 1. The van der Waals surface area contributed by atoms with E-state index in [9.17, 15) is 4.79 Å². The summed E-state index contributed by atoms with van der Waals surface area (Å²) in [5.74, 6) is 2.89. The molecule has 2 aromatic heterocycles. The Balaban J connectivity index is 1.49. The number of hydrogen-bond acceptors (Lipinski definition) is 9. The molecule has 1 amide bonds. The van der Waals surface area contributed by atoms with Crippen molar-refractivity contribution in [2.75, 3.05) is 39.3 Å². The van der Waals surface area contributed by atoms with Crippen molar-refractivity contribution in [1.29, 1.82) is 0 Å². The molecule has 1 aromatic carbocycles. The first-order valence-electron chi connectivity index (χ1n) is 11.4. The highest BCUT2D eigenvalue weighted by atomic mass is 16.5. The zero-order chi connectivity index (χ0) is 24.2. The van der Waals surface area contributed by atoms with Crippen molar-refractivity contribution in [3.05, 3.63) is 29.2 Å². The summed E-state index contributed by atoms with van der Waals surface area (Å²) in [6.07, 6.45) is 2.42. The molecule has 1 aliphatic rings. The number of hydrogen-bond donors (Lipinski definition) is 1. The average molecular weight is 470 g/mol. The van der Waals surface area contributed by atoms with E-state index in [1.807, 2.05) is 26.0 Å². The van der Waals surface area contributed by atoms with Crippen LogP contribution in [0.25, 0.3) is 11.1 Å². The minimum atomic E-state index is -0.161. The summed E-state index contributed by atoms with van der Waals surface area (Å²) in [5.41, 5.74) is 2.19. The highest BCUT2D eigenvalue weighted by Gasteiger charge is 2.29. The van der Waals surface area contributed by atoms with Crippen LogP contribution < -0.4 is 24.4 Å². The molecule has 1 aliphatic heterocycles. The van der Waals surface area contributed by atoms with Crippen molar-refractivity contribution in [3.63, 3.8) is 0 Å². The molecule has 10 nitrogen and oxygen atoms in total. The average Bonchev–Trinajstić information content (AvgIpc) is 3.28. The van der Waals surface area contributed by atoms with Crippen molar-refractivity contribution in [2.24, 2.45) is 5.92 Å². The van der Waals surface area contributed by atoms with E-state index in [0.717, 1.165) is 48.3 Å².